The Morgan fingerprint density at radius 1 is 0.919 bits per heavy atom. The maximum absolute atomic E-state index is 5.97. The molecule has 2 aromatic heterocycles. The van der Waals surface area contributed by atoms with E-state index in [0.29, 0.717) is 12.4 Å². The number of azo groups is 1. The highest BCUT2D eigenvalue weighted by molar-refractivity contribution is 6.05. The number of rotatable bonds is 6. The number of amidine groups is 1. The van der Waals surface area contributed by atoms with Crippen LogP contribution in [0.3, 0.4) is 0 Å². The predicted molar refractivity (Wildman–Crippen MR) is 147 cm³/mol. The second-order valence-corrected chi connectivity index (χ2v) is 10.6. The second kappa shape index (κ2) is 9.24. The van der Waals surface area contributed by atoms with E-state index in [4.69, 9.17) is 9.73 Å². The molecule has 0 saturated carbocycles. The molecule has 0 radical (unpaired) electrons. The Bertz CT molecular complexity index is 1650. The lowest BCUT2D eigenvalue weighted by Crippen LogP contribution is -2.13. The van der Waals surface area contributed by atoms with Crippen LogP contribution in [0.1, 0.15) is 38.3 Å². The number of aromatic nitrogens is 3. The Hall–Kier alpha value is -4.39. The van der Waals surface area contributed by atoms with Gasteiger partial charge in [-0.2, -0.15) is 10.2 Å². The first-order valence-electron chi connectivity index (χ1n) is 12.4. The molecule has 0 fully saturated rings. The molecule has 3 aromatic carbocycles. The van der Waals surface area contributed by atoms with Crippen LogP contribution in [0.15, 0.2) is 94.3 Å². The number of hydrogen-bond acceptors (Lipinski definition) is 6. The molecule has 1 aliphatic heterocycles. The monoisotopic (exact) mass is 488 g/mol. The summed E-state index contributed by atoms with van der Waals surface area (Å²) in [4.78, 5) is 8.90. The maximum atomic E-state index is 5.97. The van der Waals surface area contributed by atoms with Crippen molar-refractivity contribution in [3.05, 3.63) is 90.3 Å². The van der Waals surface area contributed by atoms with E-state index in [1.807, 2.05) is 36.5 Å². The normalized spacial score (nSPS) is 15.4. The van der Waals surface area contributed by atoms with Crippen molar-refractivity contribution in [3.8, 4) is 17.0 Å². The minimum atomic E-state index is -0.117. The summed E-state index contributed by atoms with van der Waals surface area (Å²) >= 11 is 0. The number of aromatic amines is 1. The van der Waals surface area contributed by atoms with Gasteiger partial charge in [0.2, 0.25) is 0 Å². The van der Waals surface area contributed by atoms with Gasteiger partial charge in [0.25, 0.3) is 0 Å². The lowest BCUT2D eigenvalue weighted by Gasteiger charge is -2.18. The Morgan fingerprint density at radius 2 is 1.76 bits per heavy atom. The lowest BCUT2D eigenvalue weighted by atomic mass is 9.91. The van der Waals surface area contributed by atoms with Gasteiger partial charge in [-0.3, -0.25) is 10.1 Å². The molecule has 1 atom stereocenters. The van der Waals surface area contributed by atoms with E-state index in [2.05, 4.69) is 82.6 Å². The van der Waals surface area contributed by atoms with E-state index >= 15 is 0 Å². The van der Waals surface area contributed by atoms with E-state index in [0.717, 1.165) is 56.2 Å². The molecule has 37 heavy (non-hydrogen) atoms. The Labute approximate surface area is 215 Å². The summed E-state index contributed by atoms with van der Waals surface area (Å²) in [7, 11) is 0. The molecule has 0 aliphatic carbocycles. The average Bonchev–Trinajstić information content (AvgIpc) is 3.53. The molecule has 7 heteroatoms. The number of nitrogens with zero attached hydrogens (tertiary/aromatic N) is 5. The average molecular weight is 489 g/mol. The third kappa shape index (κ3) is 4.98. The molecule has 7 nitrogen and oxygen atoms in total. The van der Waals surface area contributed by atoms with E-state index in [1.165, 1.54) is 0 Å². The lowest BCUT2D eigenvalue weighted by molar-refractivity contribution is 0.306. The Kier molecular flexibility index (Phi) is 5.75. The second-order valence-electron chi connectivity index (χ2n) is 10.6. The summed E-state index contributed by atoms with van der Waals surface area (Å²) in [5.74, 6) is 1.51. The number of pyridine rings is 1. The minimum Gasteiger partial charge on any atom is -0.489 e. The molecule has 1 unspecified atom stereocenters. The van der Waals surface area contributed by atoms with Crippen LogP contribution in [-0.4, -0.2) is 27.2 Å². The van der Waals surface area contributed by atoms with E-state index in [1.54, 1.807) is 6.20 Å². The van der Waals surface area contributed by atoms with Crippen molar-refractivity contribution < 1.29 is 4.74 Å². The van der Waals surface area contributed by atoms with Gasteiger partial charge in [-0.1, -0.05) is 45.0 Å². The highest BCUT2D eigenvalue weighted by Crippen LogP contribution is 2.32. The van der Waals surface area contributed by atoms with Gasteiger partial charge in [-0.25, -0.2) is 4.99 Å². The third-order valence-corrected chi connectivity index (χ3v) is 6.39. The molecule has 6 rings (SSSR count). The predicted octanol–water partition coefficient (Wildman–Crippen LogP) is 7.33. The molecule has 0 saturated heterocycles. The highest BCUT2D eigenvalue weighted by Gasteiger charge is 2.23. The molecule has 0 spiro atoms. The third-order valence-electron chi connectivity index (χ3n) is 6.39. The summed E-state index contributed by atoms with van der Waals surface area (Å²) < 4.78 is 5.97. The van der Waals surface area contributed by atoms with Crippen LogP contribution in [-0.2, 0) is 6.61 Å². The van der Waals surface area contributed by atoms with Crippen LogP contribution in [0.2, 0.25) is 0 Å². The van der Waals surface area contributed by atoms with Crippen molar-refractivity contribution in [1.29, 1.82) is 0 Å². The molecule has 0 bridgehead atoms. The standard InChI is InChI=1S/C30H28N6O/c1-30(2,3)16-27-32-29(36-34-27)23-9-11-26-25(15-23)28(35-33-26)22-7-6-21-14-24(10-8-20(21)13-22)37-18-19-5-4-12-31-17-19/h4-15,17,27H,16,18H2,1-3H3,(H,33,35). The maximum Gasteiger partial charge on any atom is 0.179 e. The zero-order chi connectivity index (χ0) is 25.4. The van der Waals surface area contributed by atoms with Crippen molar-refractivity contribution in [2.75, 3.05) is 0 Å². The van der Waals surface area contributed by atoms with Gasteiger partial charge < -0.3 is 4.74 Å². The van der Waals surface area contributed by atoms with Crippen LogP contribution < -0.4 is 4.74 Å². The first kappa shape index (κ1) is 23.0. The van der Waals surface area contributed by atoms with E-state index in [9.17, 15) is 0 Å². The quantitative estimate of drug-likeness (QED) is 0.271. The molecule has 0 amide bonds. The summed E-state index contributed by atoms with van der Waals surface area (Å²) in [6.45, 7) is 7.07. The van der Waals surface area contributed by atoms with Crippen molar-refractivity contribution in [1.82, 2.24) is 15.2 Å². The molecular weight excluding hydrogens is 460 g/mol. The van der Waals surface area contributed by atoms with Gasteiger partial charge in [0.15, 0.2) is 12.0 Å². The van der Waals surface area contributed by atoms with Crippen molar-refractivity contribution in [2.45, 2.75) is 40.0 Å². The van der Waals surface area contributed by atoms with Crippen LogP contribution in [0, 0.1) is 5.41 Å². The van der Waals surface area contributed by atoms with Gasteiger partial charge >= 0.3 is 0 Å². The fourth-order valence-corrected chi connectivity index (χ4v) is 4.56. The molecule has 1 aliphatic rings. The molecule has 184 valence electrons. The smallest absolute Gasteiger partial charge is 0.179 e. The number of benzene rings is 3. The van der Waals surface area contributed by atoms with Crippen LogP contribution in [0.5, 0.6) is 5.75 Å². The number of ether oxygens (including phenoxy) is 1. The van der Waals surface area contributed by atoms with Crippen molar-refractivity contribution in [2.24, 2.45) is 20.6 Å². The number of aliphatic imine (C=N–C) groups is 1. The number of fused-ring (bicyclic) bond motifs is 2. The number of hydrogen-bond donors (Lipinski definition) is 1. The van der Waals surface area contributed by atoms with E-state index < -0.39 is 0 Å². The van der Waals surface area contributed by atoms with Crippen molar-refractivity contribution >= 4 is 27.5 Å². The zero-order valence-corrected chi connectivity index (χ0v) is 21.1. The fourth-order valence-electron chi connectivity index (χ4n) is 4.56. The molecule has 3 heterocycles. The van der Waals surface area contributed by atoms with Gasteiger partial charge in [-0.15, -0.1) is 5.11 Å². The summed E-state index contributed by atoms with van der Waals surface area (Å²) in [5.41, 5.74) is 5.05. The van der Waals surface area contributed by atoms with Crippen LogP contribution in [0.4, 0.5) is 0 Å². The van der Waals surface area contributed by atoms with E-state index in [-0.39, 0.29) is 11.6 Å². The summed E-state index contributed by atoms with van der Waals surface area (Å²) in [6, 6.07) is 22.6. The van der Waals surface area contributed by atoms with Gasteiger partial charge in [0.1, 0.15) is 12.4 Å². The number of nitrogens with one attached hydrogen (secondary N) is 1. The minimum absolute atomic E-state index is 0.117. The molecular formula is C30H28N6O. The van der Waals surface area contributed by atoms with Crippen LogP contribution in [0.25, 0.3) is 32.9 Å². The van der Waals surface area contributed by atoms with Gasteiger partial charge in [0, 0.05) is 34.5 Å². The van der Waals surface area contributed by atoms with Crippen molar-refractivity contribution in [3.63, 3.8) is 0 Å². The first-order chi connectivity index (χ1) is 17.9. The SMILES string of the molecule is CC(C)(C)CC1N=NC(c2ccc3[nH]nc(-c4ccc5cc(OCc6cccnc6)ccc5c4)c3c2)=N1. The summed E-state index contributed by atoms with van der Waals surface area (Å²) in [6.07, 6.45) is 4.33. The largest absolute Gasteiger partial charge is 0.489 e. The topological polar surface area (TPSA) is 87.9 Å². The fraction of sp³-hybridized carbons (Fsp3) is 0.233. The Morgan fingerprint density at radius 3 is 2.59 bits per heavy atom. The zero-order valence-electron chi connectivity index (χ0n) is 21.1. The van der Waals surface area contributed by atoms with Gasteiger partial charge in [-0.05, 0) is 65.1 Å². The number of H-pyrrole nitrogens is 1. The Balaban J connectivity index is 1.27. The molecule has 5 aromatic rings. The highest BCUT2D eigenvalue weighted by atomic mass is 16.5. The van der Waals surface area contributed by atoms with Gasteiger partial charge in [0.05, 0.1) is 11.2 Å². The van der Waals surface area contributed by atoms with Crippen LogP contribution >= 0.6 is 0 Å². The molecule has 1 N–H and O–H groups in total. The summed E-state index contributed by atoms with van der Waals surface area (Å²) in [5, 5.41) is 19.8. The first-order valence-corrected chi connectivity index (χ1v) is 12.4.